The summed E-state index contributed by atoms with van der Waals surface area (Å²) >= 11 is 5.94. The fraction of sp³-hybridized carbons (Fsp3) is 0.625. The van der Waals surface area contributed by atoms with Gasteiger partial charge < -0.3 is 10.2 Å². The van der Waals surface area contributed by atoms with E-state index in [1.807, 2.05) is 12.1 Å². The van der Waals surface area contributed by atoms with E-state index < -0.39 is 0 Å². The van der Waals surface area contributed by atoms with Gasteiger partial charge >= 0.3 is 0 Å². The highest BCUT2D eigenvalue weighted by Crippen LogP contribution is 2.19. The average molecular weight is 281 g/mol. The Morgan fingerprint density at radius 2 is 2.00 bits per heavy atom. The second-order valence-electron chi connectivity index (χ2n) is 5.50. The van der Waals surface area contributed by atoms with Crippen molar-refractivity contribution >= 4 is 11.6 Å². The zero-order chi connectivity index (χ0) is 13.7. The number of halogens is 1. The van der Waals surface area contributed by atoms with Crippen LogP contribution in [-0.2, 0) is 0 Å². The molecule has 0 radical (unpaired) electrons. The Kier molecular flexibility index (Phi) is 5.68. The molecule has 2 rings (SSSR count). The van der Waals surface area contributed by atoms with Crippen LogP contribution < -0.4 is 5.32 Å². The van der Waals surface area contributed by atoms with Gasteiger partial charge in [-0.3, -0.25) is 0 Å². The SMILES string of the molecule is CCN1CCCC(N[C@@H](C)c2ccc(Cl)cc2)CC1. The zero-order valence-electron chi connectivity index (χ0n) is 12.0. The first-order valence-corrected chi connectivity index (χ1v) is 7.80. The minimum Gasteiger partial charge on any atom is -0.307 e. The maximum absolute atomic E-state index is 5.94. The van der Waals surface area contributed by atoms with Crippen molar-refractivity contribution in [1.82, 2.24) is 10.2 Å². The fourth-order valence-corrected chi connectivity index (χ4v) is 2.97. The number of rotatable bonds is 4. The number of benzene rings is 1. The van der Waals surface area contributed by atoms with Gasteiger partial charge in [0.15, 0.2) is 0 Å². The van der Waals surface area contributed by atoms with Gasteiger partial charge in [0.25, 0.3) is 0 Å². The number of nitrogens with zero attached hydrogens (tertiary/aromatic N) is 1. The Balaban J connectivity index is 1.88. The molecule has 1 aromatic rings. The molecule has 1 fully saturated rings. The topological polar surface area (TPSA) is 15.3 Å². The molecule has 2 nitrogen and oxygen atoms in total. The molecule has 1 unspecified atom stereocenters. The van der Waals surface area contributed by atoms with Gasteiger partial charge in [-0.1, -0.05) is 30.7 Å². The summed E-state index contributed by atoms with van der Waals surface area (Å²) in [5.41, 5.74) is 1.32. The molecule has 0 saturated carbocycles. The molecule has 1 saturated heterocycles. The summed E-state index contributed by atoms with van der Waals surface area (Å²) < 4.78 is 0. The van der Waals surface area contributed by atoms with Gasteiger partial charge in [-0.05, 0) is 63.5 Å². The van der Waals surface area contributed by atoms with Crippen molar-refractivity contribution in [2.45, 2.75) is 45.2 Å². The highest BCUT2D eigenvalue weighted by molar-refractivity contribution is 6.30. The van der Waals surface area contributed by atoms with E-state index in [1.165, 1.54) is 44.5 Å². The van der Waals surface area contributed by atoms with Crippen LogP contribution in [0.3, 0.4) is 0 Å². The van der Waals surface area contributed by atoms with Gasteiger partial charge in [0.2, 0.25) is 0 Å². The molecule has 0 aromatic heterocycles. The molecule has 19 heavy (non-hydrogen) atoms. The predicted molar refractivity (Wildman–Crippen MR) is 82.8 cm³/mol. The van der Waals surface area contributed by atoms with E-state index in [-0.39, 0.29) is 0 Å². The van der Waals surface area contributed by atoms with Gasteiger partial charge in [-0.15, -0.1) is 0 Å². The van der Waals surface area contributed by atoms with Crippen molar-refractivity contribution in [3.63, 3.8) is 0 Å². The summed E-state index contributed by atoms with van der Waals surface area (Å²) in [6.45, 7) is 8.15. The lowest BCUT2D eigenvalue weighted by Gasteiger charge is -2.23. The van der Waals surface area contributed by atoms with Crippen molar-refractivity contribution < 1.29 is 0 Å². The number of likely N-dealkylation sites (tertiary alicyclic amines) is 1. The molecule has 0 amide bonds. The van der Waals surface area contributed by atoms with Crippen molar-refractivity contribution in [3.8, 4) is 0 Å². The average Bonchev–Trinajstić information content (AvgIpc) is 2.64. The van der Waals surface area contributed by atoms with E-state index in [0.29, 0.717) is 12.1 Å². The van der Waals surface area contributed by atoms with Gasteiger partial charge in [-0.2, -0.15) is 0 Å². The first-order valence-electron chi connectivity index (χ1n) is 7.43. The molecule has 0 aliphatic carbocycles. The van der Waals surface area contributed by atoms with Crippen LogP contribution in [0.15, 0.2) is 24.3 Å². The Morgan fingerprint density at radius 3 is 2.68 bits per heavy atom. The third-order valence-corrected chi connectivity index (χ3v) is 4.38. The normalized spacial score (nSPS) is 23.0. The summed E-state index contributed by atoms with van der Waals surface area (Å²) in [4.78, 5) is 2.55. The van der Waals surface area contributed by atoms with Crippen LogP contribution in [0, 0.1) is 0 Å². The molecule has 1 N–H and O–H groups in total. The number of hydrogen-bond donors (Lipinski definition) is 1. The highest BCUT2D eigenvalue weighted by Gasteiger charge is 2.18. The lowest BCUT2D eigenvalue weighted by molar-refractivity contribution is 0.295. The van der Waals surface area contributed by atoms with Gasteiger partial charge in [0, 0.05) is 17.1 Å². The van der Waals surface area contributed by atoms with Gasteiger partial charge in [-0.25, -0.2) is 0 Å². The molecule has 3 heteroatoms. The number of hydrogen-bond acceptors (Lipinski definition) is 2. The summed E-state index contributed by atoms with van der Waals surface area (Å²) in [7, 11) is 0. The molecule has 106 valence electrons. The predicted octanol–water partition coefficient (Wildman–Crippen LogP) is 3.87. The fourth-order valence-electron chi connectivity index (χ4n) is 2.84. The maximum Gasteiger partial charge on any atom is 0.0406 e. The molecule has 0 spiro atoms. The highest BCUT2D eigenvalue weighted by atomic mass is 35.5. The summed E-state index contributed by atoms with van der Waals surface area (Å²) in [6, 6.07) is 9.23. The smallest absolute Gasteiger partial charge is 0.0406 e. The van der Waals surface area contributed by atoms with Crippen molar-refractivity contribution in [3.05, 3.63) is 34.9 Å². The van der Waals surface area contributed by atoms with E-state index in [4.69, 9.17) is 11.6 Å². The first kappa shape index (κ1) is 14.8. The van der Waals surface area contributed by atoms with Crippen LogP contribution in [0.2, 0.25) is 5.02 Å². The van der Waals surface area contributed by atoms with E-state index in [2.05, 4.69) is 36.2 Å². The monoisotopic (exact) mass is 280 g/mol. The molecule has 2 atom stereocenters. The van der Waals surface area contributed by atoms with E-state index in [9.17, 15) is 0 Å². The minimum atomic E-state index is 0.399. The van der Waals surface area contributed by atoms with Crippen LogP contribution in [0.1, 0.15) is 44.7 Å². The summed E-state index contributed by atoms with van der Waals surface area (Å²) in [6.07, 6.45) is 3.85. The summed E-state index contributed by atoms with van der Waals surface area (Å²) in [5.74, 6) is 0. The first-order chi connectivity index (χ1) is 9.19. The standard InChI is InChI=1S/C16H25ClN2/c1-3-19-11-4-5-16(10-12-19)18-13(2)14-6-8-15(17)9-7-14/h6-9,13,16,18H,3-5,10-12H2,1-2H3/t13-,16?/m0/s1. The van der Waals surface area contributed by atoms with Crippen LogP contribution in [0.5, 0.6) is 0 Å². The third kappa shape index (κ3) is 4.48. The second-order valence-corrected chi connectivity index (χ2v) is 5.94. The maximum atomic E-state index is 5.94. The molecular formula is C16H25ClN2. The largest absolute Gasteiger partial charge is 0.307 e. The molecular weight excluding hydrogens is 256 g/mol. The van der Waals surface area contributed by atoms with Crippen molar-refractivity contribution in [2.75, 3.05) is 19.6 Å². The Hall–Kier alpha value is -0.570. The van der Waals surface area contributed by atoms with Crippen LogP contribution in [0.4, 0.5) is 0 Å². The third-order valence-electron chi connectivity index (χ3n) is 4.12. The lowest BCUT2D eigenvalue weighted by atomic mass is 10.0. The Morgan fingerprint density at radius 1 is 1.26 bits per heavy atom. The zero-order valence-corrected chi connectivity index (χ0v) is 12.8. The molecule has 1 heterocycles. The van der Waals surface area contributed by atoms with Crippen molar-refractivity contribution in [2.24, 2.45) is 0 Å². The van der Waals surface area contributed by atoms with Crippen molar-refractivity contribution in [1.29, 1.82) is 0 Å². The van der Waals surface area contributed by atoms with E-state index >= 15 is 0 Å². The second kappa shape index (κ2) is 7.28. The Labute approximate surface area is 122 Å². The quantitative estimate of drug-likeness (QED) is 0.901. The molecule has 0 bridgehead atoms. The molecule has 1 aliphatic heterocycles. The lowest BCUT2D eigenvalue weighted by Crippen LogP contribution is -2.32. The van der Waals surface area contributed by atoms with Gasteiger partial charge in [0.05, 0.1) is 0 Å². The van der Waals surface area contributed by atoms with Crippen LogP contribution >= 0.6 is 11.6 Å². The van der Waals surface area contributed by atoms with E-state index in [0.717, 1.165) is 5.02 Å². The number of nitrogens with one attached hydrogen (secondary N) is 1. The molecule has 1 aliphatic rings. The summed E-state index contributed by atoms with van der Waals surface area (Å²) in [5, 5.41) is 4.58. The van der Waals surface area contributed by atoms with Crippen LogP contribution in [-0.4, -0.2) is 30.6 Å². The van der Waals surface area contributed by atoms with Gasteiger partial charge in [0.1, 0.15) is 0 Å². The molecule has 1 aromatic carbocycles. The Bertz CT molecular complexity index is 377. The van der Waals surface area contributed by atoms with E-state index in [1.54, 1.807) is 0 Å². The van der Waals surface area contributed by atoms with Crippen LogP contribution in [0.25, 0.3) is 0 Å². The minimum absolute atomic E-state index is 0.399.